The third kappa shape index (κ3) is 5.65. The lowest BCUT2D eigenvalue weighted by atomic mass is 10.2. The molecule has 0 aliphatic rings. The Hall–Kier alpha value is -3.19. The van der Waals surface area contributed by atoms with Crippen LogP contribution in [0.4, 0.5) is 23.1 Å². The van der Waals surface area contributed by atoms with Crippen molar-refractivity contribution in [2.75, 3.05) is 22.5 Å². The zero-order valence-electron chi connectivity index (χ0n) is 15.2. The van der Waals surface area contributed by atoms with E-state index in [0.717, 1.165) is 28.5 Å². The smallest absolute Gasteiger partial charge is 0.248 e. The number of carbonyl (C=O) groups is 1. The van der Waals surface area contributed by atoms with Gasteiger partial charge in [-0.1, -0.05) is 6.07 Å². The van der Waals surface area contributed by atoms with Crippen molar-refractivity contribution in [2.45, 2.75) is 13.8 Å². The van der Waals surface area contributed by atoms with Gasteiger partial charge in [0.25, 0.3) is 0 Å². The second-order valence-electron chi connectivity index (χ2n) is 5.79. The minimum Gasteiger partial charge on any atom is -0.354 e. The molecule has 3 aromatic rings. The first-order chi connectivity index (χ1) is 13.1. The molecule has 7 heteroatoms. The molecule has 138 valence electrons. The van der Waals surface area contributed by atoms with Gasteiger partial charge in [-0.2, -0.15) is 4.98 Å². The summed E-state index contributed by atoms with van der Waals surface area (Å²) in [6.07, 6.45) is 3.33. The molecule has 2 heterocycles. The molecule has 2 aromatic heterocycles. The third-order valence-corrected chi connectivity index (χ3v) is 4.39. The lowest BCUT2D eigenvalue weighted by Crippen LogP contribution is -2.07. The number of hydrogen-bond acceptors (Lipinski definition) is 6. The van der Waals surface area contributed by atoms with Gasteiger partial charge in [-0.05, 0) is 55.6 Å². The number of nitrogens with zero attached hydrogens (tertiary/aromatic N) is 2. The Morgan fingerprint density at radius 3 is 2.63 bits per heavy atom. The standard InChI is InChI=1S/C20H21N5OS/c1-3-21-20-22-14(2)13-18(25-20)23-15-6-8-16(9-7-15)24-19(26)11-10-17-5-4-12-27-17/h4-13H,3H2,1-2H3,(H,24,26)(H2,21,22,23,25)/b11-10+. The van der Waals surface area contributed by atoms with Gasteiger partial charge in [0.1, 0.15) is 5.82 Å². The molecular formula is C20H21N5OS. The van der Waals surface area contributed by atoms with Gasteiger partial charge in [0.2, 0.25) is 11.9 Å². The Morgan fingerprint density at radius 2 is 1.93 bits per heavy atom. The highest BCUT2D eigenvalue weighted by molar-refractivity contribution is 7.10. The van der Waals surface area contributed by atoms with Crippen LogP contribution in [0.15, 0.2) is 53.9 Å². The predicted molar refractivity (Wildman–Crippen MR) is 113 cm³/mol. The topological polar surface area (TPSA) is 78.9 Å². The van der Waals surface area contributed by atoms with E-state index in [0.29, 0.717) is 11.8 Å². The SMILES string of the molecule is CCNc1nc(C)cc(Nc2ccc(NC(=O)/C=C/c3cccs3)cc2)n1. The molecular weight excluding hydrogens is 358 g/mol. The van der Waals surface area contributed by atoms with Crippen molar-refractivity contribution in [3.63, 3.8) is 0 Å². The van der Waals surface area contributed by atoms with E-state index in [-0.39, 0.29) is 5.91 Å². The zero-order valence-corrected chi connectivity index (χ0v) is 16.0. The lowest BCUT2D eigenvalue weighted by molar-refractivity contribution is -0.111. The number of carbonyl (C=O) groups excluding carboxylic acids is 1. The van der Waals surface area contributed by atoms with Gasteiger partial charge in [-0.25, -0.2) is 4.98 Å². The van der Waals surface area contributed by atoms with Crippen LogP contribution >= 0.6 is 11.3 Å². The summed E-state index contributed by atoms with van der Waals surface area (Å²) >= 11 is 1.59. The number of nitrogens with one attached hydrogen (secondary N) is 3. The fourth-order valence-electron chi connectivity index (χ4n) is 2.38. The highest BCUT2D eigenvalue weighted by Crippen LogP contribution is 2.19. The molecule has 0 aliphatic heterocycles. The summed E-state index contributed by atoms with van der Waals surface area (Å²) in [4.78, 5) is 21.8. The van der Waals surface area contributed by atoms with Crippen molar-refractivity contribution in [1.82, 2.24) is 9.97 Å². The summed E-state index contributed by atoms with van der Waals surface area (Å²) in [6, 6.07) is 13.3. The van der Waals surface area contributed by atoms with Crippen LogP contribution in [0.1, 0.15) is 17.5 Å². The average Bonchev–Trinajstić information content (AvgIpc) is 3.15. The monoisotopic (exact) mass is 379 g/mol. The minimum atomic E-state index is -0.161. The number of amides is 1. The highest BCUT2D eigenvalue weighted by atomic mass is 32.1. The normalized spacial score (nSPS) is 10.7. The number of thiophene rings is 1. The van der Waals surface area contributed by atoms with Crippen molar-refractivity contribution in [2.24, 2.45) is 0 Å². The molecule has 0 bridgehead atoms. The van der Waals surface area contributed by atoms with Gasteiger partial charge in [0.15, 0.2) is 0 Å². The molecule has 1 amide bonds. The first-order valence-corrected chi connectivity index (χ1v) is 9.49. The van der Waals surface area contributed by atoms with Gasteiger partial charge in [-0.15, -0.1) is 11.3 Å². The third-order valence-electron chi connectivity index (χ3n) is 3.56. The second-order valence-corrected chi connectivity index (χ2v) is 6.77. The van der Waals surface area contributed by atoms with E-state index in [1.165, 1.54) is 6.08 Å². The van der Waals surface area contributed by atoms with Gasteiger partial charge < -0.3 is 16.0 Å². The Bertz CT molecular complexity index is 920. The Labute approximate surface area is 162 Å². The molecule has 27 heavy (non-hydrogen) atoms. The van der Waals surface area contributed by atoms with Crippen LogP contribution in [0.25, 0.3) is 6.08 Å². The van der Waals surface area contributed by atoms with E-state index in [2.05, 4.69) is 25.9 Å². The maximum atomic E-state index is 12.0. The molecule has 0 atom stereocenters. The van der Waals surface area contributed by atoms with E-state index in [1.807, 2.05) is 61.7 Å². The number of hydrogen-bond donors (Lipinski definition) is 3. The predicted octanol–water partition coefficient (Wildman–Crippen LogP) is 4.67. The van der Waals surface area contributed by atoms with Crippen LogP contribution in [-0.2, 0) is 4.79 Å². The molecule has 0 aliphatic carbocycles. The molecule has 0 fully saturated rings. The first kappa shape index (κ1) is 18.6. The Kier molecular flexibility index (Phi) is 6.17. The lowest BCUT2D eigenvalue weighted by Gasteiger charge is -2.10. The number of aromatic nitrogens is 2. The van der Waals surface area contributed by atoms with Crippen molar-refractivity contribution in [1.29, 1.82) is 0 Å². The summed E-state index contributed by atoms with van der Waals surface area (Å²) < 4.78 is 0. The van der Waals surface area contributed by atoms with Crippen LogP contribution in [-0.4, -0.2) is 22.4 Å². The van der Waals surface area contributed by atoms with E-state index in [9.17, 15) is 4.79 Å². The number of aryl methyl sites for hydroxylation is 1. The molecule has 1 aromatic carbocycles. The highest BCUT2D eigenvalue weighted by Gasteiger charge is 2.03. The van der Waals surface area contributed by atoms with Crippen LogP contribution in [0.3, 0.4) is 0 Å². The molecule has 3 N–H and O–H groups in total. The first-order valence-electron chi connectivity index (χ1n) is 8.61. The summed E-state index contributed by atoms with van der Waals surface area (Å²) in [5.74, 6) is 1.15. The molecule has 6 nitrogen and oxygen atoms in total. The van der Waals surface area contributed by atoms with Crippen molar-refractivity contribution in [3.05, 3.63) is 64.5 Å². The Balaban J connectivity index is 1.61. The Morgan fingerprint density at radius 1 is 1.15 bits per heavy atom. The molecule has 0 saturated carbocycles. The van der Waals surface area contributed by atoms with Crippen molar-refractivity contribution < 1.29 is 4.79 Å². The average molecular weight is 379 g/mol. The summed E-state index contributed by atoms with van der Waals surface area (Å²) in [7, 11) is 0. The van der Waals surface area contributed by atoms with Gasteiger partial charge in [0.05, 0.1) is 0 Å². The van der Waals surface area contributed by atoms with E-state index >= 15 is 0 Å². The van der Waals surface area contributed by atoms with Gasteiger partial charge in [0, 0.05) is 40.6 Å². The zero-order chi connectivity index (χ0) is 19.1. The van der Waals surface area contributed by atoms with Crippen LogP contribution < -0.4 is 16.0 Å². The number of benzene rings is 1. The molecule has 3 rings (SSSR count). The van der Waals surface area contributed by atoms with Crippen LogP contribution in [0.5, 0.6) is 0 Å². The molecule has 0 spiro atoms. The molecule has 0 radical (unpaired) electrons. The van der Waals surface area contributed by atoms with Crippen molar-refractivity contribution >= 4 is 46.5 Å². The quantitative estimate of drug-likeness (QED) is 0.520. The number of rotatable bonds is 7. The number of anilines is 4. The van der Waals surface area contributed by atoms with Crippen LogP contribution in [0.2, 0.25) is 0 Å². The van der Waals surface area contributed by atoms with E-state index in [1.54, 1.807) is 17.4 Å². The maximum absolute atomic E-state index is 12.0. The maximum Gasteiger partial charge on any atom is 0.248 e. The van der Waals surface area contributed by atoms with Gasteiger partial charge in [-0.3, -0.25) is 4.79 Å². The molecule has 0 saturated heterocycles. The van der Waals surface area contributed by atoms with Crippen LogP contribution in [0, 0.1) is 6.92 Å². The van der Waals surface area contributed by atoms with Crippen molar-refractivity contribution in [3.8, 4) is 0 Å². The summed E-state index contributed by atoms with van der Waals surface area (Å²) in [6.45, 7) is 4.69. The van der Waals surface area contributed by atoms with Gasteiger partial charge >= 0.3 is 0 Å². The fraction of sp³-hybridized carbons (Fsp3) is 0.150. The largest absolute Gasteiger partial charge is 0.354 e. The summed E-state index contributed by atoms with van der Waals surface area (Å²) in [5.41, 5.74) is 2.49. The fourth-order valence-corrected chi connectivity index (χ4v) is 3.00. The van der Waals surface area contributed by atoms with E-state index in [4.69, 9.17) is 0 Å². The molecule has 0 unspecified atom stereocenters. The van der Waals surface area contributed by atoms with E-state index < -0.39 is 0 Å². The summed E-state index contributed by atoms with van der Waals surface area (Å²) in [5, 5.41) is 11.2. The minimum absolute atomic E-state index is 0.161. The second kappa shape index (κ2) is 8.95.